The van der Waals surface area contributed by atoms with Crippen LogP contribution in [0.15, 0.2) is 36.9 Å². The number of aryl methyl sites for hydroxylation is 2. The van der Waals surface area contributed by atoms with Crippen molar-refractivity contribution in [3.05, 3.63) is 58.1 Å². The first-order chi connectivity index (χ1) is 12.0. The molecule has 3 aromatic rings. The molecular weight excluding hydrogens is 363 g/mol. The molecule has 1 amide bonds. The Balaban J connectivity index is 1.57. The molecule has 1 aromatic carbocycles. The van der Waals surface area contributed by atoms with E-state index in [0.29, 0.717) is 23.1 Å². The molecule has 3 rings (SSSR count). The lowest BCUT2D eigenvalue weighted by Crippen LogP contribution is -2.16. The van der Waals surface area contributed by atoms with Gasteiger partial charge in [0.1, 0.15) is 6.33 Å². The number of hydrogen-bond acceptors (Lipinski definition) is 4. The standard InChI is InChI=1S/C16H16Cl2N6O/c1-11-7-20-23(8-11)6-5-15(25)21-16-19-10-24(22-16)9-12-13(17)3-2-4-14(12)18/h2-4,7-8,10H,5-6,9H2,1H3,(H,21,22,25). The average molecular weight is 379 g/mol. The predicted octanol–water partition coefficient (Wildman–Crippen LogP) is 3.17. The van der Waals surface area contributed by atoms with Crippen molar-refractivity contribution in [2.45, 2.75) is 26.4 Å². The molecule has 1 N–H and O–H groups in total. The molecule has 0 bridgehead atoms. The maximum absolute atomic E-state index is 12.0. The summed E-state index contributed by atoms with van der Waals surface area (Å²) >= 11 is 12.3. The van der Waals surface area contributed by atoms with E-state index < -0.39 is 0 Å². The minimum atomic E-state index is -0.179. The molecule has 2 aromatic heterocycles. The Morgan fingerprint density at radius 2 is 2.00 bits per heavy atom. The van der Waals surface area contributed by atoms with E-state index in [4.69, 9.17) is 23.2 Å². The molecule has 0 radical (unpaired) electrons. The summed E-state index contributed by atoms with van der Waals surface area (Å²) in [6.45, 7) is 2.81. The van der Waals surface area contributed by atoms with E-state index in [0.717, 1.165) is 11.1 Å². The Bertz CT molecular complexity index is 868. The Morgan fingerprint density at radius 3 is 2.68 bits per heavy atom. The number of hydrogen-bond donors (Lipinski definition) is 1. The first-order valence-corrected chi connectivity index (χ1v) is 8.38. The van der Waals surface area contributed by atoms with E-state index in [2.05, 4.69) is 20.5 Å². The molecule has 9 heteroatoms. The van der Waals surface area contributed by atoms with Crippen molar-refractivity contribution in [1.82, 2.24) is 24.5 Å². The number of nitrogens with one attached hydrogen (secondary N) is 1. The van der Waals surface area contributed by atoms with E-state index in [1.54, 1.807) is 33.8 Å². The number of aromatic nitrogens is 5. The van der Waals surface area contributed by atoms with Crippen molar-refractivity contribution in [3.8, 4) is 0 Å². The number of rotatable bonds is 6. The molecule has 0 aliphatic carbocycles. The molecule has 25 heavy (non-hydrogen) atoms. The lowest BCUT2D eigenvalue weighted by molar-refractivity contribution is -0.116. The third-order valence-corrected chi connectivity index (χ3v) is 4.21. The van der Waals surface area contributed by atoms with Crippen LogP contribution in [0.4, 0.5) is 5.95 Å². The fraction of sp³-hybridized carbons (Fsp3) is 0.250. The molecular formula is C16H16Cl2N6O. The van der Waals surface area contributed by atoms with Gasteiger partial charge in [-0.2, -0.15) is 5.10 Å². The van der Waals surface area contributed by atoms with E-state index in [1.807, 2.05) is 13.1 Å². The van der Waals surface area contributed by atoms with Crippen molar-refractivity contribution in [3.63, 3.8) is 0 Å². The van der Waals surface area contributed by atoms with Gasteiger partial charge in [0.25, 0.3) is 0 Å². The molecule has 0 fully saturated rings. The Morgan fingerprint density at radius 1 is 1.24 bits per heavy atom. The van der Waals surface area contributed by atoms with Crippen LogP contribution in [0.3, 0.4) is 0 Å². The van der Waals surface area contributed by atoms with Crippen LogP contribution >= 0.6 is 23.2 Å². The number of benzene rings is 1. The third-order valence-electron chi connectivity index (χ3n) is 3.50. The molecule has 0 unspecified atom stereocenters. The van der Waals surface area contributed by atoms with Crippen LogP contribution < -0.4 is 5.32 Å². The van der Waals surface area contributed by atoms with Crippen LogP contribution in [0.25, 0.3) is 0 Å². The van der Waals surface area contributed by atoms with Crippen molar-refractivity contribution in [1.29, 1.82) is 0 Å². The van der Waals surface area contributed by atoms with Gasteiger partial charge >= 0.3 is 0 Å². The summed E-state index contributed by atoms with van der Waals surface area (Å²) < 4.78 is 3.29. The van der Waals surface area contributed by atoms with Crippen LogP contribution in [-0.2, 0) is 17.9 Å². The quantitative estimate of drug-likeness (QED) is 0.714. The lowest BCUT2D eigenvalue weighted by atomic mass is 10.2. The predicted molar refractivity (Wildman–Crippen MR) is 95.8 cm³/mol. The zero-order valence-electron chi connectivity index (χ0n) is 13.5. The van der Waals surface area contributed by atoms with Gasteiger partial charge in [0.15, 0.2) is 0 Å². The zero-order valence-corrected chi connectivity index (χ0v) is 15.0. The molecule has 0 aliphatic heterocycles. The molecule has 130 valence electrons. The number of anilines is 1. The van der Waals surface area contributed by atoms with Gasteiger partial charge in [-0.25, -0.2) is 9.67 Å². The first kappa shape index (κ1) is 17.4. The van der Waals surface area contributed by atoms with Gasteiger partial charge in [-0.15, -0.1) is 5.10 Å². The fourth-order valence-electron chi connectivity index (χ4n) is 2.27. The average Bonchev–Trinajstić information content (AvgIpc) is 3.18. The highest BCUT2D eigenvalue weighted by molar-refractivity contribution is 6.35. The van der Waals surface area contributed by atoms with Crippen LogP contribution in [0.2, 0.25) is 10.0 Å². The van der Waals surface area contributed by atoms with E-state index in [9.17, 15) is 4.79 Å². The highest BCUT2D eigenvalue weighted by Gasteiger charge is 2.10. The monoisotopic (exact) mass is 378 g/mol. The number of halogens is 2. The van der Waals surface area contributed by atoms with E-state index in [-0.39, 0.29) is 18.3 Å². The summed E-state index contributed by atoms with van der Waals surface area (Å²) in [5, 5.41) is 12.1. The van der Waals surface area contributed by atoms with Crippen molar-refractivity contribution in [2.75, 3.05) is 5.32 Å². The van der Waals surface area contributed by atoms with Gasteiger partial charge in [0.05, 0.1) is 12.7 Å². The summed E-state index contributed by atoms with van der Waals surface area (Å²) in [6, 6.07) is 5.31. The van der Waals surface area contributed by atoms with E-state index in [1.165, 1.54) is 6.33 Å². The fourth-order valence-corrected chi connectivity index (χ4v) is 2.78. The number of carbonyl (C=O) groups excluding carboxylic acids is 1. The first-order valence-electron chi connectivity index (χ1n) is 7.62. The second kappa shape index (κ2) is 7.67. The van der Waals surface area contributed by atoms with Gasteiger partial charge in [0.2, 0.25) is 11.9 Å². The van der Waals surface area contributed by atoms with Gasteiger partial charge < -0.3 is 0 Å². The van der Waals surface area contributed by atoms with Crippen LogP contribution in [0.1, 0.15) is 17.5 Å². The topological polar surface area (TPSA) is 77.6 Å². The Hall–Kier alpha value is -2.38. The van der Waals surface area contributed by atoms with Crippen molar-refractivity contribution < 1.29 is 4.79 Å². The van der Waals surface area contributed by atoms with Crippen LogP contribution in [-0.4, -0.2) is 30.5 Å². The second-order valence-corrected chi connectivity index (χ2v) is 6.36. The van der Waals surface area contributed by atoms with Crippen LogP contribution in [0, 0.1) is 6.92 Å². The normalized spacial score (nSPS) is 10.8. The molecule has 0 aliphatic rings. The van der Waals surface area contributed by atoms with Gasteiger partial charge in [-0.1, -0.05) is 29.3 Å². The number of carbonyl (C=O) groups is 1. The smallest absolute Gasteiger partial charge is 0.248 e. The SMILES string of the molecule is Cc1cnn(CCC(=O)Nc2ncn(Cc3c(Cl)cccc3Cl)n2)c1. The van der Waals surface area contributed by atoms with Gasteiger partial charge in [-0.05, 0) is 24.6 Å². The Kier molecular flexibility index (Phi) is 5.35. The van der Waals surface area contributed by atoms with Gasteiger partial charge in [-0.3, -0.25) is 14.8 Å². The summed E-state index contributed by atoms with van der Waals surface area (Å²) in [7, 11) is 0. The minimum Gasteiger partial charge on any atom is -0.293 e. The van der Waals surface area contributed by atoms with Gasteiger partial charge in [0, 0.05) is 34.8 Å². The largest absolute Gasteiger partial charge is 0.293 e. The van der Waals surface area contributed by atoms with E-state index >= 15 is 0 Å². The number of nitrogens with zero attached hydrogens (tertiary/aromatic N) is 5. The Labute approximate surface area is 154 Å². The third kappa shape index (κ3) is 4.58. The maximum atomic E-state index is 12.0. The molecule has 0 saturated carbocycles. The molecule has 0 spiro atoms. The highest BCUT2D eigenvalue weighted by Crippen LogP contribution is 2.24. The zero-order chi connectivity index (χ0) is 17.8. The molecule has 0 atom stereocenters. The number of amides is 1. The summed E-state index contributed by atoms with van der Waals surface area (Å²) in [5.41, 5.74) is 1.81. The molecule has 7 nitrogen and oxygen atoms in total. The van der Waals surface area contributed by atoms with Crippen molar-refractivity contribution in [2.24, 2.45) is 0 Å². The lowest BCUT2D eigenvalue weighted by Gasteiger charge is -2.06. The summed E-state index contributed by atoms with van der Waals surface area (Å²) in [5.74, 6) is 0.0616. The van der Waals surface area contributed by atoms with Crippen LogP contribution in [0.5, 0.6) is 0 Å². The second-order valence-electron chi connectivity index (χ2n) is 5.54. The molecule has 2 heterocycles. The maximum Gasteiger partial charge on any atom is 0.248 e. The van der Waals surface area contributed by atoms with Crippen molar-refractivity contribution >= 4 is 35.1 Å². The summed E-state index contributed by atoms with van der Waals surface area (Å²) in [6.07, 6.45) is 5.44. The minimum absolute atomic E-state index is 0.179. The summed E-state index contributed by atoms with van der Waals surface area (Å²) in [4.78, 5) is 16.1. The highest BCUT2D eigenvalue weighted by atomic mass is 35.5. The molecule has 0 saturated heterocycles.